The van der Waals surface area contributed by atoms with Gasteiger partial charge in [-0.15, -0.1) is 0 Å². The van der Waals surface area contributed by atoms with Crippen molar-refractivity contribution in [3.63, 3.8) is 0 Å². The zero-order valence-corrected chi connectivity index (χ0v) is 13.1. The number of aromatic nitrogens is 2. The Balaban J connectivity index is 1.70. The molecule has 0 saturated carbocycles. The Morgan fingerprint density at radius 3 is 2.50 bits per heavy atom. The van der Waals surface area contributed by atoms with Gasteiger partial charge in [-0.1, -0.05) is 48.5 Å². The van der Waals surface area contributed by atoms with Gasteiger partial charge in [-0.3, -0.25) is 0 Å². The molecule has 1 aromatic heterocycles. The Hall–Kier alpha value is -2.98. The number of nitrogens with one attached hydrogen (secondary N) is 1. The van der Waals surface area contributed by atoms with Crippen molar-refractivity contribution in [3.05, 3.63) is 72.4 Å². The van der Waals surface area contributed by atoms with Gasteiger partial charge in [0.1, 0.15) is 0 Å². The van der Waals surface area contributed by atoms with Crippen LogP contribution in [0.1, 0.15) is 5.56 Å². The van der Waals surface area contributed by atoms with Crippen LogP contribution in [0.3, 0.4) is 0 Å². The van der Waals surface area contributed by atoms with Crippen molar-refractivity contribution in [2.75, 3.05) is 11.9 Å². The molecule has 1 heterocycles. The second-order valence-corrected chi connectivity index (χ2v) is 5.71. The number of anilines is 2. The van der Waals surface area contributed by atoms with E-state index in [4.69, 9.17) is 10.1 Å². The largest absolute Gasteiger partial charge is 0.396 e. The predicted molar refractivity (Wildman–Crippen MR) is 97.6 cm³/mol. The average Bonchev–Trinajstić information content (AvgIpc) is 2.63. The summed E-state index contributed by atoms with van der Waals surface area (Å²) in [5.74, 6) is 0.578. The molecular formula is C20H17N3O. The Kier molecular flexibility index (Phi) is 3.81. The lowest BCUT2D eigenvalue weighted by molar-refractivity contribution is 0.299. The lowest BCUT2D eigenvalue weighted by Crippen LogP contribution is -1.98. The van der Waals surface area contributed by atoms with Crippen LogP contribution in [0.15, 0.2) is 66.9 Å². The molecule has 4 rings (SSSR count). The van der Waals surface area contributed by atoms with Crippen molar-refractivity contribution in [1.82, 2.24) is 9.97 Å². The van der Waals surface area contributed by atoms with Crippen LogP contribution in [0.2, 0.25) is 0 Å². The molecule has 0 fully saturated rings. The molecule has 0 aliphatic heterocycles. The van der Waals surface area contributed by atoms with Gasteiger partial charge in [-0.25, -0.2) is 9.97 Å². The molecule has 0 amide bonds. The molecule has 4 heteroatoms. The summed E-state index contributed by atoms with van der Waals surface area (Å²) in [6.07, 6.45) is 2.51. The average molecular weight is 315 g/mol. The van der Waals surface area contributed by atoms with Gasteiger partial charge in [0.05, 0.1) is 5.52 Å². The first-order chi connectivity index (χ1) is 11.8. The first-order valence-electron chi connectivity index (χ1n) is 7.95. The second-order valence-electron chi connectivity index (χ2n) is 5.71. The fourth-order valence-electron chi connectivity index (χ4n) is 2.84. The van der Waals surface area contributed by atoms with Gasteiger partial charge in [-0.2, -0.15) is 0 Å². The molecule has 118 valence electrons. The summed E-state index contributed by atoms with van der Waals surface area (Å²) >= 11 is 0. The van der Waals surface area contributed by atoms with Crippen LogP contribution in [-0.2, 0) is 6.42 Å². The van der Waals surface area contributed by atoms with Crippen molar-refractivity contribution < 1.29 is 5.11 Å². The summed E-state index contributed by atoms with van der Waals surface area (Å²) in [7, 11) is 0. The first-order valence-corrected chi connectivity index (χ1v) is 7.95. The smallest absolute Gasteiger partial charge is 0.227 e. The molecule has 0 atom stereocenters. The molecule has 0 aliphatic carbocycles. The van der Waals surface area contributed by atoms with Crippen LogP contribution in [0.25, 0.3) is 21.7 Å². The lowest BCUT2D eigenvalue weighted by atomic mass is 10.1. The van der Waals surface area contributed by atoms with Crippen LogP contribution in [0.4, 0.5) is 11.6 Å². The van der Waals surface area contributed by atoms with Crippen molar-refractivity contribution in [3.8, 4) is 0 Å². The van der Waals surface area contributed by atoms with E-state index in [-0.39, 0.29) is 6.61 Å². The standard InChI is InChI=1S/C20H17N3O/c24-12-11-14-5-9-17(10-6-14)22-20-21-13-16-8-7-15-3-1-2-4-18(15)19(16)23-20/h1-10,13,24H,11-12H2,(H,21,22,23). The van der Waals surface area contributed by atoms with Gasteiger partial charge in [0.15, 0.2) is 0 Å². The van der Waals surface area contributed by atoms with Gasteiger partial charge in [0.2, 0.25) is 5.95 Å². The molecule has 0 bridgehead atoms. The number of fused-ring (bicyclic) bond motifs is 3. The van der Waals surface area contributed by atoms with Gasteiger partial charge in [0.25, 0.3) is 0 Å². The predicted octanol–water partition coefficient (Wildman–Crippen LogP) is 4.06. The second kappa shape index (κ2) is 6.26. The Bertz CT molecular complexity index is 996. The summed E-state index contributed by atoms with van der Waals surface area (Å²) < 4.78 is 0. The molecule has 4 nitrogen and oxygen atoms in total. The summed E-state index contributed by atoms with van der Waals surface area (Å²) in [6.45, 7) is 0.160. The van der Waals surface area contributed by atoms with Crippen molar-refractivity contribution in [2.45, 2.75) is 6.42 Å². The highest BCUT2D eigenvalue weighted by atomic mass is 16.2. The van der Waals surface area contributed by atoms with E-state index in [2.05, 4.69) is 28.5 Å². The maximum absolute atomic E-state index is 8.98. The minimum atomic E-state index is 0.160. The van der Waals surface area contributed by atoms with Gasteiger partial charge < -0.3 is 10.4 Å². The van der Waals surface area contributed by atoms with E-state index in [1.807, 2.05) is 48.7 Å². The Morgan fingerprint density at radius 2 is 1.67 bits per heavy atom. The fraction of sp³-hybridized carbons (Fsp3) is 0.100. The van der Waals surface area contributed by atoms with Crippen LogP contribution in [0, 0.1) is 0 Å². The summed E-state index contributed by atoms with van der Waals surface area (Å²) in [6, 6.07) is 20.3. The lowest BCUT2D eigenvalue weighted by Gasteiger charge is -2.08. The number of hydrogen-bond donors (Lipinski definition) is 2. The Labute approximate surface area is 139 Å². The number of hydrogen-bond acceptors (Lipinski definition) is 4. The van der Waals surface area contributed by atoms with Gasteiger partial charge in [-0.05, 0) is 29.5 Å². The maximum atomic E-state index is 8.98. The molecule has 0 spiro atoms. The SMILES string of the molecule is OCCc1ccc(Nc2ncc3ccc4ccccc4c3n2)cc1. The minimum absolute atomic E-state index is 0.160. The summed E-state index contributed by atoms with van der Waals surface area (Å²) in [5.41, 5.74) is 2.98. The van der Waals surface area contributed by atoms with Crippen LogP contribution in [0.5, 0.6) is 0 Å². The molecule has 0 saturated heterocycles. The normalized spacial score (nSPS) is 11.0. The number of aliphatic hydroxyl groups excluding tert-OH is 1. The van der Waals surface area contributed by atoms with E-state index in [0.29, 0.717) is 12.4 Å². The zero-order valence-electron chi connectivity index (χ0n) is 13.1. The molecule has 24 heavy (non-hydrogen) atoms. The first kappa shape index (κ1) is 14.6. The quantitative estimate of drug-likeness (QED) is 0.558. The van der Waals surface area contributed by atoms with Crippen LogP contribution >= 0.6 is 0 Å². The van der Waals surface area contributed by atoms with Crippen LogP contribution < -0.4 is 5.32 Å². The van der Waals surface area contributed by atoms with E-state index in [1.165, 1.54) is 5.39 Å². The summed E-state index contributed by atoms with van der Waals surface area (Å²) in [5, 5.41) is 15.5. The van der Waals surface area contributed by atoms with E-state index >= 15 is 0 Å². The van der Waals surface area contributed by atoms with E-state index < -0.39 is 0 Å². The molecule has 2 N–H and O–H groups in total. The fourth-order valence-corrected chi connectivity index (χ4v) is 2.84. The number of nitrogens with zero attached hydrogens (tertiary/aromatic N) is 2. The maximum Gasteiger partial charge on any atom is 0.227 e. The van der Waals surface area contributed by atoms with E-state index in [9.17, 15) is 0 Å². The Morgan fingerprint density at radius 1 is 0.875 bits per heavy atom. The highest BCUT2D eigenvalue weighted by molar-refractivity contribution is 6.05. The molecule has 0 aliphatic rings. The zero-order chi connectivity index (χ0) is 16.4. The molecule has 3 aromatic carbocycles. The molecule has 4 aromatic rings. The summed E-state index contributed by atoms with van der Waals surface area (Å²) in [4.78, 5) is 9.10. The van der Waals surface area contributed by atoms with Crippen molar-refractivity contribution >= 4 is 33.3 Å². The number of benzene rings is 3. The monoisotopic (exact) mass is 315 g/mol. The molecule has 0 radical (unpaired) electrons. The molecule has 0 unspecified atom stereocenters. The van der Waals surface area contributed by atoms with Gasteiger partial charge >= 0.3 is 0 Å². The molecular weight excluding hydrogens is 298 g/mol. The van der Waals surface area contributed by atoms with Crippen molar-refractivity contribution in [1.29, 1.82) is 0 Å². The third-order valence-electron chi connectivity index (χ3n) is 4.09. The third kappa shape index (κ3) is 2.79. The van der Waals surface area contributed by atoms with E-state index in [0.717, 1.165) is 27.5 Å². The highest BCUT2D eigenvalue weighted by Gasteiger charge is 2.05. The van der Waals surface area contributed by atoms with Crippen LogP contribution in [-0.4, -0.2) is 21.7 Å². The topological polar surface area (TPSA) is 58.0 Å². The third-order valence-corrected chi connectivity index (χ3v) is 4.09. The van der Waals surface area contributed by atoms with E-state index in [1.54, 1.807) is 0 Å². The minimum Gasteiger partial charge on any atom is -0.396 e. The van der Waals surface area contributed by atoms with Gasteiger partial charge in [0, 0.05) is 29.3 Å². The highest BCUT2D eigenvalue weighted by Crippen LogP contribution is 2.24. The van der Waals surface area contributed by atoms with Crippen molar-refractivity contribution in [2.24, 2.45) is 0 Å². The number of aliphatic hydroxyl groups is 1. The number of rotatable bonds is 4.